The lowest BCUT2D eigenvalue weighted by atomic mass is 9.99. The topological polar surface area (TPSA) is 81.4 Å². The number of nitrogens with one attached hydrogen (secondary N) is 1. The van der Waals surface area contributed by atoms with Crippen LogP contribution in [0.3, 0.4) is 0 Å². The van der Waals surface area contributed by atoms with Gasteiger partial charge in [0.25, 0.3) is 0 Å². The van der Waals surface area contributed by atoms with Crippen molar-refractivity contribution in [3.05, 3.63) is 0 Å². The first-order valence-electron chi connectivity index (χ1n) is 5.19. The van der Waals surface area contributed by atoms with Gasteiger partial charge in [-0.05, 0) is 12.8 Å². The molecule has 0 unspecified atom stereocenters. The number of carbonyl (C=O) groups excluding carboxylic acids is 2. The van der Waals surface area contributed by atoms with E-state index in [9.17, 15) is 9.59 Å². The largest absolute Gasteiger partial charge is 0.372 e. The average Bonchev–Trinajstić information content (AvgIpc) is 2.21. The molecule has 0 aromatic rings. The lowest BCUT2D eigenvalue weighted by Gasteiger charge is -2.20. The van der Waals surface area contributed by atoms with Crippen molar-refractivity contribution in [1.29, 1.82) is 0 Å². The fraction of sp³-hybridized carbons (Fsp3) is 0.800. The second-order valence-corrected chi connectivity index (χ2v) is 3.47. The van der Waals surface area contributed by atoms with Crippen LogP contribution in [0.2, 0.25) is 0 Å². The summed E-state index contributed by atoms with van der Waals surface area (Å²) >= 11 is 0. The van der Waals surface area contributed by atoms with Crippen LogP contribution in [0, 0.1) is 5.92 Å². The zero-order chi connectivity index (χ0) is 11.8. The molecule has 2 amide bonds. The number of carbonyl (C=O) groups is 2. The van der Waals surface area contributed by atoms with Gasteiger partial charge in [-0.15, -0.1) is 0 Å². The van der Waals surface area contributed by atoms with Crippen molar-refractivity contribution >= 4 is 11.8 Å². The summed E-state index contributed by atoms with van der Waals surface area (Å²) in [5, 5.41) is 2.56. The number of primary amides is 1. The van der Waals surface area contributed by atoms with Gasteiger partial charge >= 0.3 is 0 Å². The Balaban J connectivity index is 4.16. The van der Waals surface area contributed by atoms with E-state index in [4.69, 9.17) is 10.5 Å². The van der Waals surface area contributed by atoms with E-state index >= 15 is 0 Å². The number of nitrogens with two attached hydrogens (primary N) is 1. The SMILES string of the molecule is CCOCC(=O)N[C@H](C(N)=O)[C@H](C)CC. The quantitative estimate of drug-likeness (QED) is 0.630. The molecule has 0 heterocycles. The summed E-state index contributed by atoms with van der Waals surface area (Å²) in [5.41, 5.74) is 5.20. The van der Waals surface area contributed by atoms with E-state index in [0.29, 0.717) is 6.61 Å². The van der Waals surface area contributed by atoms with E-state index < -0.39 is 11.9 Å². The van der Waals surface area contributed by atoms with Gasteiger partial charge in [-0.3, -0.25) is 9.59 Å². The zero-order valence-corrected chi connectivity index (χ0v) is 9.58. The number of ether oxygens (including phenoxy) is 1. The summed E-state index contributed by atoms with van der Waals surface area (Å²) < 4.78 is 4.93. The van der Waals surface area contributed by atoms with Crippen molar-refractivity contribution < 1.29 is 14.3 Å². The van der Waals surface area contributed by atoms with Crippen LogP contribution in [-0.4, -0.2) is 31.1 Å². The predicted octanol–water partition coefficient (Wildman–Crippen LogP) is 0.0391. The first-order chi connectivity index (χ1) is 7.02. The highest BCUT2D eigenvalue weighted by Crippen LogP contribution is 2.06. The second kappa shape index (κ2) is 7.23. The fourth-order valence-electron chi connectivity index (χ4n) is 1.14. The first kappa shape index (κ1) is 13.9. The molecule has 2 atom stereocenters. The lowest BCUT2D eigenvalue weighted by Crippen LogP contribution is -2.49. The maximum Gasteiger partial charge on any atom is 0.246 e. The third-order valence-electron chi connectivity index (χ3n) is 2.27. The molecule has 0 fully saturated rings. The van der Waals surface area contributed by atoms with Gasteiger partial charge in [0.2, 0.25) is 11.8 Å². The standard InChI is InChI=1S/C10H20N2O3/c1-4-7(3)9(10(11)14)12-8(13)6-15-5-2/h7,9H,4-6H2,1-3H3,(H2,11,14)(H,12,13)/t7-,9+/m1/s1. The van der Waals surface area contributed by atoms with Crippen LogP contribution in [0.1, 0.15) is 27.2 Å². The summed E-state index contributed by atoms with van der Waals surface area (Å²) in [6, 6.07) is -0.608. The van der Waals surface area contributed by atoms with Crippen LogP contribution in [-0.2, 0) is 14.3 Å². The first-order valence-corrected chi connectivity index (χ1v) is 5.19. The van der Waals surface area contributed by atoms with Crippen LogP contribution >= 0.6 is 0 Å². The third-order valence-corrected chi connectivity index (χ3v) is 2.27. The predicted molar refractivity (Wildman–Crippen MR) is 57.1 cm³/mol. The van der Waals surface area contributed by atoms with Gasteiger partial charge in [-0.25, -0.2) is 0 Å². The molecule has 0 bridgehead atoms. The normalized spacial score (nSPS) is 14.3. The van der Waals surface area contributed by atoms with E-state index in [0.717, 1.165) is 6.42 Å². The Morgan fingerprint density at radius 3 is 2.40 bits per heavy atom. The molecule has 15 heavy (non-hydrogen) atoms. The number of hydrogen-bond acceptors (Lipinski definition) is 3. The lowest BCUT2D eigenvalue weighted by molar-refractivity contribution is -0.131. The molecule has 0 aliphatic rings. The second-order valence-electron chi connectivity index (χ2n) is 3.47. The van der Waals surface area contributed by atoms with Crippen molar-refractivity contribution in [2.45, 2.75) is 33.2 Å². The smallest absolute Gasteiger partial charge is 0.246 e. The van der Waals surface area contributed by atoms with Crippen molar-refractivity contribution in [1.82, 2.24) is 5.32 Å². The molecule has 0 saturated heterocycles. The fourth-order valence-corrected chi connectivity index (χ4v) is 1.14. The minimum absolute atomic E-state index is 0.0310. The Morgan fingerprint density at radius 1 is 1.40 bits per heavy atom. The van der Waals surface area contributed by atoms with Gasteiger partial charge in [0.15, 0.2) is 0 Å². The van der Waals surface area contributed by atoms with Gasteiger partial charge in [0, 0.05) is 6.61 Å². The Hall–Kier alpha value is -1.10. The molecule has 3 N–H and O–H groups in total. The Labute approximate surface area is 90.4 Å². The number of rotatable bonds is 7. The maximum absolute atomic E-state index is 11.3. The molecule has 0 aromatic carbocycles. The molecule has 0 radical (unpaired) electrons. The van der Waals surface area contributed by atoms with Crippen LogP contribution in [0.15, 0.2) is 0 Å². The molecule has 0 aliphatic carbocycles. The molecule has 88 valence electrons. The summed E-state index contributed by atoms with van der Waals surface area (Å²) in [6.45, 7) is 6.05. The van der Waals surface area contributed by atoms with Gasteiger partial charge in [-0.1, -0.05) is 20.3 Å². The Bertz CT molecular complexity index is 219. The molecule has 0 spiro atoms. The highest BCUT2D eigenvalue weighted by atomic mass is 16.5. The molecule has 0 saturated carbocycles. The Morgan fingerprint density at radius 2 is 2.00 bits per heavy atom. The summed E-state index contributed by atoms with van der Waals surface area (Å²) in [6.07, 6.45) is 0.780. The van der Waals surface area contributed by atoms with Gasteiger partial charge in [-0.2, -0.15) is 0 Å². The van der Waals surface area contributed by atoms with E-state index in [1.165, 1.54) is 0 Å². The summed E-state index contributed by atoms with van der Waals surface area (Å²) in [4.78, 5) is 22.4. The molecule has 0 rings (SSSR count). The summed E-state index contributed by atoms with van der Waals surface area (Å²) in [5.74, 6) is -0.775. The van der Waals surface area contributed by atoms with Crippen molar-refractivity contribution in [2.24, 2.45) is 11.7 Å². The maximum atomic E-state index is 11.3. The van der Waals surface area contributed by atoms with Crippen molar-refractivity contribution in [2.75, 3.05) is 13.2 Å². The average molecular weight is 216 g/mol. The molecule has 0 aliphatic heterocycles. The van der Waals surface area contributed by atoms with E-state index in [2.05, 4.69) is 5.32 Å². The highest BCUT2D eigenvalue weighted by molar-refractivity contribution is 5.87. The third kappa shape index (κ3) is 5.37. The van der Waals surface area contributed by atoms with E-state index in [1.54, 1.807) is 6.92 Å². The van der Waals surface area contributed by atoms with Crippen LogP contribution < -0.4 is 11.1 Å². The van der Waals surface area contributed by atoms with Crippen LogP contribution in [0.4, 0.5) is 0 Å². The van der Waals surface area contributed by atoms with Crippen molar-refractivity contribution in [3.63, 3.8) is 0 Å². The molecule has 0 aromatic heterocycles. The molecule has 5 nitrogen and oxygen atoms in total. The molecular formula is C10H20N2O3. The molecule has 5 heteroatoms. The minimum Gasteiger partial charge on any atom is -0.372 e. The Kier molecular flexibility index (Phi) is 6.70. The van der Waals surface area contributed by atoms with E-state index in [-0.39, 0.29) is 18.4 Å². The van der Waals surface area contributed by atoms with Crippen molar-refractivity contribution in [3.8, 4) is 0 Å². The van der Waals surface area contributed by atoms with E-state index in [1.807, 2.05) is 13.8 Å². The van der Waals surface area contributed by atoms with Crippen LogP contribution in [0.5, 0.6) is 0 Å². The molecular weight excluding hydrogens is 196 g/mol. The minimum atomic E-state index is -0.608. The number of amides is 2. The monoisotopic (exact) mass is 216 g/mol. The summed E-state index contributed by atoms with van der Waals surface area (Å²) in [7, 11) is 0. The van der Waals surface area contributed by atoms with Gasteiger partial charge < -0.3 is 15.8 Å². The number of hydrogen-bond donors (Lipinski definition) is 2. The van der Waals surface area contributed by atoms with Gasteiger partial charge in [0.1, 0.15) is 12.6 Å². The zero-order valence-electron chi connectivity index (χ0n) is 9.58. The highest BCUT2D eigenvalue weighted by Gasteiger charge is 2.23. The van der Waals surface area contributed by atoms with Gasteiger partial charge in [0.05, 0.1) is 0 Å². The van der Waals surface area contributed by atoms with Crippen LogP contribution in [0.25, 0.3) is 0 Å².